The van der Waals surface area contributed by atoms with E-state index >= 15 is 0 Å². The third-order valence-corrected chi connectivity index (χ3v) is 4.73. The first-order valence-electron chi connectivity index (χ1n) is 8.68. The lowest BCUT2D eigenvalue weighted by atomic mass is 10.0. The fourth-order valence-electron chi connectivity index (χ4n) is 3.29. The van der Waals surface area contributed by atoms with E-state index in [1.807, 2.05) is 4.90 Å². The number of carboxylic acid groups (broad SMARTS) is 1. The molecule has 1 atom stereocenters. The molecular weight excluding hydrogens is 348 g/mol. The van der Waals surface area contributed by atoms with Crippen LogP contribution in [0.15, 0.2) is 48.5 Å². The largest absolute Gasteiger partial charge is 0.508 e. The number of rotatable bonds is 5. The van der Waals surface area contributed by atoms with Crippen molar-refractivity contribution in [3.8, 4) is 11.5 Å². The number of piperazine rings is 1. The van der Waals surface area contributed by atoms with E-state index in [0.29, 0.717) is 43.1 Å². The highest BCUT2D eigenvalue weighted by atomic mass is 16.5. The quantitative estimate of drug-likeness (QED) is 0.837. The third kappa shape index (κ3) is 4.20. The van der Waals surface area contributed by atoms with Gasteiger partial charge in [-0.05, 0) is 35.9 Å². The van der Waals surface area contributed by atoms with Gasteiger partial charge in [-0.25, -0.2) is 0 Å². The maximum Gasteiger partial charge on any atom is 0.325 e. The van der Waals surface area contributed by atoms with Crippen LogP contribution in [0.4, 0.5) is 0 Å². The van der Waals surface area contributed by atoms with Crippen molar-refractivity contribution in [1.29, 1.82) is 0 Å². The van der Waals surface area contributed by atoms with Crippen molar-refractivity contribution in [3.05, 3.63) is 59.7 Å². The number of phenols is 1. The van der Waals surface area contributed by atoms with Gasteiger partial charge in [0.25, 0.3) is 5.91 Å². The van der Waals surface area contributed by atoms with Gasteiger partial charge in [0.1, 0.15) is 17.5 Å². The van der Waals surface area contributed by atoms with Gasteiger partial charge in [0.05, 0.1) is 7.11 Å². The number of hydrogen-bond donors (Lipinski definition) is 2. The summed E-state index contributed by atoms with van der Waals surface area (Å²) in [5, 5.41) is 19.1. The van der Waals surface area contributed by atoms with Gasteiger partial charge >= 0.3 is 5.97 Å². The van der Waals surface area contributed by atoms with E-state index in [1.54, 1.807) is 48.4 Å². The van der Waals surface area contributed by atoms with E-state index in [2.05, 4.69) is 0 Å². The van der Waals surface area contributed by atoms with Crippen LogP contribution in [0, 0.1) is 0 Å². The zero-order valence-corrected chi connectivity index (χ0v) is 15.0. The Balaban J connectivity index is 1.68. The molecule has 0 bridgehead atoms. The second kappa shape index (κ2) is 8.09. The zero-order chi connectivity index (χ0) is 19.4. The van der Waals surface area contributed by atoms with Crippen molar-refractivity contribution in [2.75, 3.05) is 33.3 Å². The van der Waals surface area contributed by atoms with Crippen LogP contribution in [0.5, 0.6) is 11.5 Å². The molecule has 1 amide bonds. The summed E-state index contributed by atoms with van der Waals surface area (Å²) in [6.07, 6.45) is 0. The van der Waals surface area contributed by atoms with Crippen LogP contribution >= 0.6 is 0 Å². The predicted molar refractivity (Wildman–Crippen MR) is 99.0 cm³/mol. The number of carbonyl (C=O) groups is 2. The van der Waals surface area contributed by atoms with Gasteiger partial charge in [-0.1, -0.05) is 18.2 Å². The average molecular weight is 370 g/mol. The first-order chi connectivity index (χ1) is 13.0. The van der Waals surface area contributed by atoms with E-state index < -0.39 is 12.0 Å². The predicted octanol–water partition coefficient (Wildman–Crippen LogP) is 1.98. The lowest BCUT2D eigenvalue weighted by Crippen LogP contribution is -2.51. The third-order valence-electron chi connectivity index (χ3n) is 4.73. The number of aromatic hydroxyl groups is 1. The molecule has 2 aromatic rings. The monoisotopic (exact) mass is 370 g/mol. The summed E-state index contributed by atoms with van der Waals surface area (Å²) in [4.78, 5) is 28.0. The summed E-state index contributed by atoms with van der Waals surface area (Å²) in [7, 11) is 1.55. The lowest BCUT2D eigenvalue weighted by Gasteiger charge is -2.37. The van der Waals surface area contributed by atoms with Gasteiger partial charge < -0.3 is 19.8 Å². The number of phenolic OH excluding ortho intramolecular Hbond substituents is 1. The van der Waals surface area contributed by atoms with Crippen molar-refractivity contribution in [2.24, 2.45) is 0 Å². The molecule has 27 heavy (non-hydrogen) atoms. The van der Waals surface area contributed by atoms with Crippen LogP contribution in [0.3, 0.4) is 0 Å². The minimum absolute atomic E-state index is 0.0925. The summed E-state index contributed by atoms with van der Waals surface area (Å²) < 4.78 is 5.16. The number of aliphatic carboxylic acids is 1. The Hall–Kier alpha value is -3.06. The fraction of sp³-hybridized carbons (Fsp3) is 0.300. The van der Waals surface area contributed by atoms with E-state index in [9.17, 15) is 19.8 Å². The molecular formula is C20H22N2O5. The minimum Gasteiger partial charge on any atom is -0.508 e. The van der Waals surface area contributed by atoms with Crippen molar-refractivity contribution in [2.45, 2.75) is 6.04 Å². The molecule has 0 aliphatic carbocycles. The standard InChI is InChI=1S/C20H22N2O5/c1-27-17-4-2-3-15(13-17)19(24)22-11-9-21(10-12-22)18(20(25)26)14-5-7-16(23)8-6-14/h2-8,13,18,23H,9-12H2,1H3,(H,25,26). The van der Waals surface area contributed by atoms with Crippen molar-refractivity contribution < 1.29 is 24.5 Å². The number of hydrogen-bond acceptors (Lipinski definition) is 5. The Morgan fingerprint density at radius 2 is 1.70 bits per heavy atom. The molecule has 1 aliphatic rings. The van der Waals surface area contributed by atoms with Crippen LogP contribution in [0.2, 0.25) is 0 Å². The highest BCUT2D eigenvalue weighted by Crippen LogP contribution is 2.25. The van der Waals surface area contributed by atoms with Gasteiger partial charge in [-0.3, -0.25) is 14.5 Å². The summed E-state index contributed by atoms with van der Waals surface area (Å²) in [5.41, 5.74) is 1.16. The molecule has 1 heterocycles. The second-order valence-electron chi connectivity index (χ2n) is 6.39. The van der Waals surface area contributed by atoms with Gasteiger partial charge in [0, 0.05) is 31.7 Å². The molecule has 2 N–H and O–H groups in total. The SMILES string of the molecule is COc1cccc(C(=O)N2CCN(C(C(=O)O)c3ccc(O)cc3)CC2)c1. The van der Waals surface area contributed by atoms with E-state index in [4.69, 9.17) is 4.74 Å². The van der Waals surface area contributed by atoms with E-state index in [1.165, 1.54) is 12.1 Å². The fourth-order valence-corrected chi connectivity index (χ4v) is 3.29. The molecule has 1 saturated heterocycles. The van der Waals surface area contributed by atoms with E-state index in [0.717, 1.165) is 0 Å². The van der Waals surface area contributed by atoms with Gasteiger partial charge in [-0.2, -0.15) is 0 Å². The Morgan fingerprint density at radius 3 is 2.30 bits per heavy atom. The normalized spacial score (nSPS) is 16.0. The van der Waals surface area contributed by atoms with Crippen molar-refractivity contribution >= 4 is 11.9 Å². The van der Waals surface area contributed by atoms with Crippen molar-refractivity contribution in [1.82, 2.24) is 9.80 Å². The van der Waals surface area contributed by atoms with E-state index in [-0.39, 0.29) is 11.7 Å². The number of nitrogens with zero attached hydrogens (tertiary/aromatic N) is 2. The van der Waals surface area contributed by atoms with Crippen LogP contribution in [0.25, 0.3) is 0 Å². The summed E-state index contributed by atoms with van der Waals surface area (Å²) in [6, 6.07) is 12.4. The molecule has 0 spiro atoms. The Kier molecular flexibility index (Phi) is 5.61. The van der Waals surface area contributed by atoms with Gasteiger partial charge in [0.15, 0.2) is 0 Å². The summed E-state index contributed by atoms with van der Waals surface area (Å²) >= 11 is 0. The summed E-state index contributed by atoms with van der Waals surface area (Å²) in [5.74, 6) is -0.326. The number of carbonyl (C=O) groups excluding carboxylic acids is 1. The minimum atomic E-state index is -0.951. The number of carboxylic acids is 1. The average Bonchev–Trinajstić information content (AvgIpc) is 2.69. The molecule has 3 rings (SSSR count). The molecule has 7 nitrogen and oxygen atoms in total. The van der Waals surface area contributed by atoms with Crippen LogP contribution in [-0.2, 0) is 4.79 Å². The van der Waals surface area contributed by atoms with Gasteiger partial charge in [0.2, 0.25) is 0 Å². The Bertz CT molecular complexity index is 813. The molecule has 0 aromatic heterocycles. The smallest absolute Gasteiger partial charge is 0.325 e. The molecule has 142 valence electrons. The second-order valence-corrected chi connectivity index (χ2v) is 6.39. The van der Waals surface area contributed by atoms with Crippen molar-refractivity contribution in [3.63, 3.8) is 0 Å². The zero-order valence-electron chi connectivity index (χ0n) is 15.0. The Morgan fingerprint density at radius 1 is 1.04 bits per heavy atom. The topological polar surface area (TPSA) is 90.3 Å². The van der Waals surface area contributed by atoms with Gasteiger partial charge in [-0.15, -0.1) is 0 Å². The Labute approximate surface area is 157 Å². The highest BCUT2D eigenvalue weighted by Gasteiger charge is 2.31. The molecule has 0 saturated carbocycles. The molecule has 0 radical (unpaired) electrons. The molecule has 2 aromatic carbocycles. The molecule has 1 fully saturated rings. The molecule has 1 aliphatic heterocycles. The molecule has 7 heteroatoms. The maximum atomic E-state index is 12.7. The van der Waals surface area contributed by atoms with Crippen LogP contribution < -0.4 is 4.74 Å². The highest BCUT2D eigenvalue weighted by molar-refractivity contribution is 5.94. The first-order valence-corrected chi connectivity index (χ1v) is 8.68. The lowest BCUT2D eigenvalue weighted by molar-refractivity contribution is -0.144. The number of benzene rings is 2. The number of ether oxygens (including phenoxy) is 1. The van der Waals surface area contributed by atoms with Crippen LogP contribution in [-0.4, -0.2) is 65.2 Å². The van der Waals surface area contributed by atoms with Crippen LogP contribution in [0.1, 0.15) is 22.0 Å². The molecule has 1 unspecified atom stereocenters. The summed E-state index contributed by atoms with van der Waals surface area (Å²) in [6.45, 7) is 1.79. The number of amides is 1. The number of methoxy groups -OCH3 is 1. The maximum absolute atomic E-state index is 12.7. The first kappa shape index (κ1) is 18.7.